The Labute approximate surface area is 104 Å². The van der Waals surface area contributed by atoms with E-state index in [1.54, 1.807) is 6.07 Å². The molecule has 0 aliphatic heterocycles. The molecule has 0 atom stereocenters. The highest BCUT2D eigenvalue weighted by Crippen LogP contribution is 2.45. The largest absolute Gasteiger partial charge is 0.204 e. The summed E-state index contributed by atoms with van der Waals surface area (Å²) >= 11 is 0. The van der Waals surface area contributed by atoms with Crippen molar-refractivity contribution in [2.24, 2.45) is 0 Å². The number of halogens is 2. The van der Waals surface area contributed by atoms with Gasteiger partial charge in [-0.1, -0.05) is 35.9 Å². The first-order valence-corrected chi connectivity index (χ1v) is 6.03. The van der Waals surface area contributed by atoms with Crippen LogP contribution in [0.2, 0.25) is 0 Å². The molecule has 0 spiro atoms. The van der Waals surface area contributed by atoms with Crippen LogP contribution in [-0.2, 0) is 12.8 Å². The quantitative estimate of drug-likeness (QED) is 0.655. The molecule has 2 heteroatoms. The van der Waals surface area contributed by atoms with Crippen molar-refractivity contribution in [3.8, 4) is 0 Å². The highest BCUT2D eigenvalue weighted by Gasteiger charge is 2.31. The summed E-state index contributed by atoms with van der Waals surface area (Å²) in [6.07, 6.45) is 1.41. The summed E-state index contributed by atoms with van der Waals surface area (Å²) < 4.78 is 27.0. The zero-order chi connectivity index (χ0) is 12.3. The molecule has 88 valence electrons. The van der Waals surface area contributed by atoms with Gasteiger partial charge in [0.05, 0.1) is 0 Å². The first-order chi connectivity index (χ1) is 8.75. The van der Waals surface area contributed by atoms with Gasteiger partial charge in [-0.25, -0.2) is 8.78 Å². The molecule has 0 heterocycles. The highest BCUT2D eigenvalue weighted by molar-refractivity contribution is 5.91. The standard InChI is InChI=1S/C16H10F2/c17-14-6-5-12-13(16(14)18)8-10-7-9-3-1-2-4-11(9)15(10)12/h1-6H,7-8H2. The van der Waals surface area contributed by atoms with Crippen molar-refractivity contribution >= 4 is 5.57 Å². The third kappa shape index (κ3) is 1.13. The van der Waals surface area contributed by atoms with Crippen molar-refractivity contribution in [2.45, 2.75) is 12.8 Å². The van der Waals surface area contributed by atoms with E-state index in [9.17, 15) is 8.78 Å². The summed E-state index contributed by atoms with van der Waals surface area (Å²) in [4.78, 5) is 0. The predicted octanol–water partition coefficient (Wildman–Crippen LogP) is 3.88. The second-order valence-corrected chi connectivity index (χ2v) is 4.88. The minimum absolute atomic E-state index is 0.523. The van der Waals surface area contributed by atoms with Crippen LogP contribution in [0.4, 0.5) is 8.78 Å². The molecule has 2 aliphatic carbocycles. The molecule has 0 aromatic heterocycles. The van der Waals surface area contributed by atoms with Crippen molar-refractivity contribution in [1.82, 2.24) is 0 Å². The van der Waals surface area contributed by atoms with Gasteiger partial charge in [0, 0.05) is 5.56 Å². The van der Waals surface area contributed by atoms with Gasteiger partial charge in [0.25, 0.3) is 0 Å². The van der Waals surface area contributed by atoms with Gasteiger partial charge in [-0.2, -0.15) is 0 Å². The number of rotatable bonds is 0. The molecular weight excluding hydrogens is 230 g/mol. The van der Waals surface area contributed by atoms with Crippen molar-refractivity contribution < 1.29 is 8.78 Å². The molecule has 0 bridgehead atoms. The average Bonchev–Trinajstić information content (AvgIpc) is 2.90. The van der Waals surface area contributed by atoms with Crippen LogP contribution in [0.3, 0.4) is 0 Å². The third-order valence-corrected chi connectivity index (χ3v) is 3.90. The van der Waals surface area contributed by atoms with Crippen molar-refractivity contribution in [2.75, 3.05) is 0 Å². The maximum Gasteiger partial charge on any atom is 0.162 e. The predicted molar refractivity (Wildman–Crippen MR) is 66.2 cm³/mol. The van der Waals surface area contributed by atoms with E-state index in [0.29, 0.717) is 12.0 Å². The molecule has 0 saturated carbocycles. The van der Waals surface area contributed by atoms with Crippen molar-refractivity contribution in [1.29, 1.82) is 0 Å². The van der Waals surface area contributed by atoms with E-state index in [1.807, 2.05) is 12.1 Å². The molecule has 0 radical (unpaired) electrons. The van der Waals surface area contributed by atoms with Gasteiger partial charge in [-0.05, 0) is 41.2 Å². The number of fused-ring (bicyclic) bond motifs is 4. The van der Waals surface area contributed by atoms with E-state index >= 15 is 0 Å². The van der Waals surface area contributed by atoms with Gasteiger partial charge in [0.1, 0.15) is 0 Å². The molecule has 2 aromatic carbocycles. The SMILES string of the molecule is Fc1ccc2c(c1F)CC1=C2c2ccccc2C1. The fourth-order valence-electron chi connectivity index (χ4n) is 3.13. The summed E-state index contributed by atoms with van der Waals surface area (Å²) in [5, 5.41) is 0. The summed E-state index contributed by atoms with van der Waals surface area (Å²) in [6, 6.07) is 11.1. The zero-order valence-electron chi connectivity index (χ0n) is 9.63. The number of hydrogen-bond acceptors (Lipinski definition) is 0. The molecule has 18 heavy (non-hydrogen) atoms. The summed E-state index contributed by atoms with van der Waals surface area (Å²) in [7, 11) is 0. The fraction of sp³-hybridized carbons (Fsp3) is 0.125. The molecular formula is C16H10F2. The molecule has 0 saturated heterocycles. The lowest BCUT2D eigenvalue weighted by Crippen LogP contribution is -1.98. The second kappa shape index (κ2) is 3.29. The first-order valence-electron chi connectivity index (χ1n) is 6.03. The highest BCUT2D eigenvalue weighted by atomic mass is 19.2. The van der Waals surface area contributed by atoms with E-state index in [-0.39, 0.29) is 0 Å². The Bertz CT molecular complexity index is 711. The Morgan fingerprint density at radius 1 is 0.833 bits per heavy atom. The van der Waals surface area contributed by atoms with Crippen LogP contribution < -0.4 is 0 Å². The second-order valence-electron chi connectivity index (χ2n) is 4.88. The van der Waals surface area contributed by atoms with Gasteiger partial charge in [0.15, 0.2) is 11.6 Å². The number of benzene rings is 2. The van der Waals surface area contributed by atoms with E-state index in [1.165, 1.54) is 22.8 Å². The third-order valence-electron chi connectivity index (χ3n) is 3.90. The maximum absolute atomic E-state index is 13.8. The number of hydrogen-bond donors (Lipinski definition) is 0. The number of allylic oxidation sites excluding steroid dienone is 1. The van der Waals surface area contributed by atoms with E-state index < -0.39 is 11.6 Å². The molecule has 4 rings (SSSR count). The van der Waals surface area contributed by atoms with Crippen LogP contribution in [-0.4, -0.2) is 0 Å². The summed E-state index contributed by atoms with van der Waals surface area (Å²) in [6.45, 7) is 0. The van der Waals surface area contributed by atoms with Crippen LogP contribution in [0.1, 0.15) is 22.3 Å². The van der Waals surface area contributed by atoms with E-state index in [4.69, 9.17) is 0 Å². The van der Waals surface area contributed by atoms with Gasteiger partial charge in [-0.3, -0.25) is 0 Å². The molecule has 0 nitrogen and oxygen atoms in total. The van der Waals surface area contributed by atoms with E-state index in [2.05, 4.69) is 12.1 Å². The Morgan fingerprint density at radius 2 is 1.67 bits per heavy atom. The Kier molecular flexibility index (Phi) is 1.83. The van der Waals surface area contributed by atoms with Gasteiger partial charge in [0.2, 0.25) is 0 Å². The summed E-state index contributed by atoms with van der Waals surface area (Å²) in [5.41, 5.74) is 6.20. The van der Waals surface area contributed by atoms with Gasteiger partial charge >= 0.3 is 0 Å². The molecule has 0 unspecified atom stereocenters. The molecule has 0 fully saturated rings. The van der Waals surface area contributed by atoms with Crippen molar-refractivity contribution in [3.05, 3.63) is 75.9 Å². The lowest BCUT2D eigenvalue weighted by Gasteiger charge is -2.08. The first kappa shape index (κ1) is 10.0. The normalized spacial score (nSPS) is 15.7. The lowest BCUT2D eigenvalue weighted by molar-refractivity contribution is 0.501. The Hall–Kier alpha value is -1.96. The summed E-state index contributed by atoms with van der Waals surface area (Å²) in [5.74, 6) is -1.43. The molecule has 0 amide bonds. The average molecular weight is 240 g/mol. The Balaban J connectivity index is 1.97. The van der Waals surface area contributed by atoms with Crippen LogP contribution in [0.25, 0.3) is 5.57 Å². The lowest BCUT2D eigenvalue weighted by atomic mass is 9.97. The van der Waals surface area contributed by atoms with Crippen LogP contribution in [0, 0.1) is 11.6 Å². The zero-order valence-corrected chi connectivity index (χ0v) is 9.63. The minimum atomic E-state index is -0.747. The van der Waals surface area contributed by atoms with E-state index in [0.717, 1.165) is 17.6 Å². The van der Waals surface area contributed by atoms with Crippen molar-refractivity contribution in [3.63, 3.8) is 0 Å². The van der Waals surface area contributed by atoms with Crippen LogP contribution >= 0.6 is 0 Å². The van der Waals surface area contributed by atoms with Gasteiger partial charge < -0.3 is 0 Å². The topological polar surface area (TPSA) is 0 Å². The smallest absolute Gasteiger partial charge is 0.162 e. The van der Waals surface area contributed by atoms with Crippen LogP contribution in [0.15, 0.2) is 42.0 Å². The minimum Gasteiger partial charge on any atom is -0.204 e. The monoisotopic (exact) mass is 240 g/mol. The Morgan fingerprint density at radius 3 is 2.56 bits per heavy atom. The molecule has 2 aromatic rings. The molecule has 2 aliphatic rings. The van der Waals surface area contributed by atoms with Crippen LogP contribution in [0.5, 0.6) is 0 Å². The molecule has 0 N–H and O–H groups in total. The fourth-order valence-corrected chi connectivity index (χ4v) is 3.13. The maximum atomic E-state index is 13.8. The van der Waals surface area contributed by atoms with Gasteiger partial charge in [-0.15, -0.1) is 0 Å².